The average molecular weight is 390 g/mol. The Morgan fingerprint density at radius 2 is 1.96 bits per heavy atom. The molecule has 0 aliphatic rings. The highest BCUT2D eigenvalue weighted by molar-refractivity contribution is 8.00. The molecule has 0 spiro atoms. The maximum absolute atomic E-state index is 12.7. The number of hydrogen-bond donors (Lipinski definition) is 2. The number of aromatic nitrogens is 3. The van der Waals surface area contributed by atoms with Gasteiger partial charge in [0.15, 0.2) is 5.16 Å². The topological polar surface area (TPSA) is 103 Å². The van der Waals surface area contributed by atoms with Crippen molar-refractivity contribution in [3.05, 3.63) is 41.7 Å². The summed E-state index contributed by atoms with van der Waals surface area (Å²) >= 11 is 1.35. The van der Waals surface area contributed by atoms with E-state index < -0.39 is 0 Å². The Bertz CT molecular complexity index is 763. The van der Waals surface area contributed by atoms with E-state index in [1.54, 1.807) is 4.57 Å². The van der Waals surface area contributed by atoms with Gasteiger partial charge in [0, 0.05) is 19.9 Å². The third-order valence-corrected chi connectivity index (χ3v) is 5.40. The van der Waals surface area contributed by atoms with E-state index in [1.807, 2.05) is 44.3 Å². The zero-order chi connectivity index (χ0) is 19.8. The van der Waals surface area contributed by atoms with Crippen LogP contribution in [-0.4, -0.2) is 31.8 Å². The monoisotopic (exact) mass is 389 g/mol. The predicted molar refractivity (Wildman–Crippen MR) is 106 cm³/mol. The van der Waals surface area contributed by atoms with Gasteiger partial charge < -0.3 is 15.6 Å². The van der Waals surface area contributed by atoms with Crippen molar-refractivity contribution in [2.45, 2.75) is 56.0 Å². The molecule has 2 atom stereocenters. The van der Waals surface area contributed by atoms with Crippen molar-refractivity contribution in [1.29, 1.82) is 0 Å². The minimum Gasteiger partial charge on any atom is -0.370 e. The fourth-order valence-corrected chi connectivity index (χ4v) is 3.54. The Balaban J connectivity index is 1.99. The maximum atomic E-state index is 12.7. The van der Waals surface area contributed by atoms with E-state index in [1.165, 1.54) is 11.8 Å². The van der Waals surface area contributed by atoms with E-state index in [2.05, 4.69) is 22.4 Å². The molecule has 0 unspecified atom stereocenters. The van der Waals surface area contributed by atoms with Crippen molar-refractivity contribution in [2.75, 3.05) is 0 Å². The number of rotatable bonds is 10. The first-order chi connectivity index (χ1) is 12.9. The fraction of sp³-hybridized carbons (Fsp3) is 0.474. The second-order valence-electron chi connectivity index (χ2n) is 6.44. The molecule has 0 saturated heterocycles. The van der Waals surface area contributed by atoms with Gasteiger partial charge in [-0.05, 0) is 18.9 Å². The van der Waals surface area contributed by atoms with Gasteiger partial charge in [-0.25, -0.2) is 0 Å². The van der Waals surface area contributed by atoms with Crippen LogP contribution in [0.5, 0.6) is 0 Å². The molecule has 0 bridgehead atoms. The minimum atomic E-state index is -0.372. The van der Waals surface area contributed by atoms with Crippen LogP contribution in [0.1, 0.15) is 50.5 Å². The number of nitrogens with zero attached hydrogens (tertiary/aromatic N) is 3. The number of carbonyl (C=O) groups excluding carboxylic acids is 2. The van der Waals surface area contributed by atoms with E-state index in [0.717, 1.165) is 18.4 Å². The zero-order valence-corrected chi connectivity index (χ0v) is 16.8. The molecular weight excluding hydrogens is 362 g/mol. The summed E-state index contributed by atoms with van der Waals surface area (Å²) < 4.78 is 1.80. The number of primary amides is 1. The summed E-state index contributed by atoms with van der Waals surface area (Å²) in [6.07, 6.45) is 2.53. The molecule has 2 amide bonds. The molecule has 0 fully saturated rings. The summed E-state index contributed by atoms with van der Waals surface area (Å²) in [4.78, 5) is 23.6. The normalized spacial score (nSPS) is 13.1. The molecule has 1 aromatic heterocycles. The number of amides is 2. The molecule has 2 aromatic rings. The number of aryl methyl sites for hydroxylation is 1. The third kappa shape index (κ3) is 6.09. The van der Waals surface area contributed by atoms with Gasteiger partial charge >= 0.3 is 0 Å². The second kappa shape index (κ2) is 10.1. The third-order valence-electron chi connectivity index (χ3n) is 4.27. The van der Waals surface area contributed by atoms with Gasteiger partial charge in [-0.1, -0.05) is 55.4 Å². The lowest BCUT2D eigenvalue weighted by molar-refractivity contribution is -0.121. The maximum Gasteiger partial charge on any atom is 0.233 e. The second-order valence-corrected chi connectivity index (χ2v) is 7.75. The summed E-state index contributed by atoms with van der Waals surface area (Å²) in [5, 5.41) is 11.7. The van der Waals surface area contributed by atoms with Crippen LogP contribution in [0.3, 0.4) is 0 Å². The largest absolute Gasteiger partial charge is 0.370 e. The van der Waals surface area contributed by atoms with Crippen molar-refractivity contribution in [1.82, 2.24) is 20.1 Å². The number of nitrogens with one attached hydrogen (secondary N) is 1. The van der Waals surface area contributed by atoms with Crippen LogP contribution in [0.15, 0.2) is 35.5 Å². The molecule has 0 saturated carbocycles. The Morgan fingerprint density at radius 1 is 1.26 bits per heavy atom. The highest BCUT2D eigenvalue weighted by Crippen LogP contribution is 2.24. The van der Waals surface area contributed by atoms with Crippen LogP contribution in [0.4, 0.5) is 0 Å². The van der Waals surface area contributed by atoms with Crippen LogP contribution in [0.2, 0.25) is 0 Å². The summed E-state index contributed by atoms with van der Waals surface area (Å²) in [5.41, 5.74) is 6.29. The van der Waals surface area contributed by atoms with Crippen molar-refractivity contribution in [2.24, 2.45) is 12.8 Å². The molecule has 0 radical (unpaired) electrons. The Kier molecular flexibility index (Phi) is 7.84. The molecule has 1 heterocycles. The van der Waals surface area contributed by atoms with Gasteiger partial charge in [-0.15, -0.1) is 10.2 Å². The van der Waals surface area contributed by atoms with Crippen molar-refractivity contribution >= 4 is 23.6 Å². The standard InChI is InChI=1S/C19H27N5O2S/c1-4-8-15(14-9-6-5-7-10-14)21-18(26)13(2)27-19-23-22-17(24(19)3)12-11-16(20)25/h5-7,9-10,13,15H,4,8,11-12H2,1-3H3,(H2,20,25)(H,21,26)/t13-,15-/m0/s1. The Labute approximate surface area is 164 Å². The van der Waals surface area contributed by atoms with Gasteiger partial charge in [0.05, 0.1) is 11.3 Å². The van der Waals surface area contributed by atoms with E-state index in [-0.39, 0.29) is 29.5 Å². The molecule has 7 nitrogen and oxygen atoms in total. The highest BCUT2D eigenvalue weighted by Gasteiger charge is 2.22. The summed E-state index contributed by atoms with van der Waals surface area (Å²) in [7, 11) is 1.83. The predicted octanol–water partition coefficient (Wildman–Crippen LogP) is 2.37. The molecule has 27 heavy (non-hydrogen) atoms. The molecule has 1 aromatic carbocycles. The van der Waals surface area contributed by atoms with Crippen molar-refractivity contribution in [3.63, 3.8) is 0 Å². The quantitative estimate of drug-likeness (QED) is 0.607. The molecule has 0 aliphatic carbocycles. The van der Waals surface area contributed by atoms with Gasteiger partial charge in [0.1, 0.15) is 5.82 Å². The van der Waals surface area contributed by atoms with Crippen LogP contribution in [-0.2, 0) is 23.1 Å². The minimum absolute atomic E-state index is 0.00243. The number of benzene rings is 1. The number of hydrogen-bond acceptors (Lipinski definition) is 5. The average Bonchev–Trinajstić information content (AvgIpc) is 3.00. The first kappa shape index (κ1) is 21.0. The molecule has 8 heteroatoms. The fourth-order valence-electron chi connectivity index (χ4n) is 2.70. The molecule has 146 valence electrons. The van der Waals surface area contributed by atoms with Gasteiger partial charge in [0.25, 0.3) is 0 Å². The molecule has 3 N–H and O–H groups in total. The molecule has 0 aliphatic heterocycles. The molecule has 2 rings (SSSR count). The van der Waals surface area contributed by atoms with Gasteiger partial charge in [0.2, 0.25) is 11.8 Å². The van der Waals surface area contributed by atoms with Crippen LogP contribution < -0.4 is 11.1 Å². The van der Waals surface area contributed by atoms with E-state index in [0.29, 0.717) is 17.4 Å². The number of nitrogens with two attached hydrogens (primary N) is 1. The smallest absolute Gasteiger partial charge is 0.233 e. The van der Waals surface area contributed by atoms with E-state index >= 15 is 0 Å². The van der Waals surface area contributed by atoms with Gasteiger partial charge in [-0.3, -0.25) is 9.59 Å². The first-order valence-electron chi connectivity index (χ1n) is 9.10. The molecular formula is C19H27N5O2S. The Hall–Kier alpha value is -2.35. The Morgan fingerprint density at radius 3 is 2.59 bits per heavy atom. The summed E-state index contributed by atoms with van der Waals surface area (Å²) in [5.74, 6) is 0.267. The lowest BCUT2D eigenvalue weighted by Gasteiger charge is -2.21. The van der Waals surface area contributed by atoms with Crippen LogP contribution in [0, 0.1) is 0 Å². The van der Waals surface area contributed by atoms with E-state index in [9.17, 15) is 9.59 Å². The van der Waals surface area contributed by atoms with Gasteiger partial charge in [-0.2, -0.15) is 0 Å². The SMILES string of the molecule is CCC[C@H](NC(=O)[C@H](C)Sc1nnc(CCC(N)=O)n1C)c1ccccc1. The zero-order valence-electron chi connectivity index (χ0n) is 16.0. The van der Waals surface area contributed by atoms with Crippen molar-refractivity contribution < 1.29 is 9.59 Å². The first-order valence-corrected chi connectivity index (χ1v) is 9.98. The van der Waals surface area contributed by atoms with Crippen molar-refractivity contribution in [3.8, 4) is 0 Å². The summed E-state index contributed by atoms with van der Waals surface area (Å²) in [6, 6.07) is 10.00. The number of thioether (sulfide) groups is 1. The van der Waals surface area contributed by atoms with Crippen LogP contribution in [0.25, 0.3) is 0 Å². The lowest BCUT2D eigenvalue weighted by atomic mass is 10.0. The van der Waals surface area contributed by atoms with Crippen LogP contribution >= 0.6 is 11.8 Å². The lowest BCUT2D eigenvalue weighted by Crippen LogP contribution is -2.34. The van der Waals surface area contributed by atoms with E-state index in [4.69, 9.17) is 5.73 Å². The summed E-state index contributed by atoms with van der Waals surface area (Å²) in [6.45, 7) is 3.96. The number of carbonyl (C=O) groups is 2. The highest BCUT2D eigenvalue weighted by atomic mass is 32.2.